The van der Waals surface area contributed by atoms with E-state index >= 15 is 0 Å². The second-order valence-corrected chi connectivity index (χ2v) is 6.17. The van der Waals surface area contributed by atoms with E-state index in [4.69, 9.17) is 0 Å². The molecule has 1 aliphatic heterocycles. The zero-order chi connectivity index (χ0) is 18.6. The average molecular weight is 371 g/mol. The number of anilines is 4. The van der Waals surface area contributed by atoms with E-state index in [1.54, 1.807) is 12.1 Å². The molecule has 11 heteroatoms. The molecule has 1 saturated heterocycles. The van der Waals surface area contributed by atoms with Gasteiger partial charge in [0.25, 0.3) is 5.56 Å². The SMILES string of the molecule is O=c1[nH]cccc1Nc1ncc(F)c(N[C@@H]2CCCN(c3nnc[nH]3)C2)n1. The molecule has 4 N–H and O–H groups in total. The first kappa shape index (κ1) is 16.9. The molecule has 1 fully saturated rings. The third-order valence-corrected chi connectivity index (χ3v) is 4.27. The lowest BCUT2D eigenvalue weighted by Gasteiger charge is -2.32. The van der Waals surface area contributed by atoms with Crippen molar-refractivity contribution < 1.29 is 4.39 Å². The van der Waals surface area contributed by atoms with Crippen molar-refractivity contribution in [3.63, 3.8) is 0 Å². The zero-order valence-electron chi connectivity index (χ0n) is 14.3. The first-order valence-corrected chi connectivity index (χ1v) is 8.54. The summed E-state index contributed by atoms with van der Waals surface area (Å²) in [6.45, 7) is 1.49. The highest BCUT2D eigenvalue weighted by Crippen LogP contribution is 2.20. The summed E-state index contributed by atoms with van der Waals surface area (Å²) in [5.74, 6) is 0.359. The molecular formula is C16H18FN9O. The molecule has 140 valence electrons. The van der Waals surface area contributed by atoms with Gasteiger partial charge in [0.15, 0.2) is 11.6 Å². The van der Waals surface area contributed by atoms with E-state index in [1.165, 1.54) is 12.5 Å². The number of halogens is 1. The van der Waals surface area contributed by atoms with Gasteiger partial charge in [0.05, 0.1) is 6.20 Å². The Balaban J connectivity index is 1.48. The fourth-order valence-electron chi connectivity index (χ4n) is 3.00. The van der Waals surface area contributed by atoms with Crippen LogP contribution in [-0.2, 0) is 0 Å². The lowest BCUT2D eigenvalue weighted by atomic mass is 10.1. The molecule has 1 aliphatic rings. The number of H-pyrrole nitrogens is 2. The third-order valence-electron chi connectivity index (χ3n) is 4.27. The fraction of sp³-hybridized carbons (Fsp3) is 0.312. The summed E-state index contributed by atoms with van der Waals surface area (Å²) >= 11 is 0. The van der Waals surface area contributed by atoms with E-state index < -0.39 is 5.82 Å². The number of pyridine rings is 1. The standard InChI is InChI=1S/C16H18FN9O/c17-11-7-19-15(23-12-4-1-5-18-14(12)27)24-13(11)22-10-3-2-6-26(8-10)16-20-9-21-25-16/h1,4-5,7,9-10H,2-3,6,8H2,(H,18,27)(H,20,21,25)(H2,19,22,23,24)/t10-/m1/s1. The van der Waals surface area contributed by atoms with Gasteiger partial charge in [-0.3, -0.25) is 4.79 Å². The maximum atomic E-state index is 14.2. The van der Waals surface area contributed by atoms with Crippen molar-refractivity contribution >= 4 is 23.4 Å². The summed E-state index contributed by atoms with van der Waals surface area (Å²) in [4.78, 5) is 27.4. The van der Waals surface area contributed by atoms with E-state index in [-0.39, 0.29) is 29.1 Å². The molecule has 10 nitrogen and oxygen atoms in total. The van der Waals surface area contributed by atoms with Crippen LogP contribution < -0.4 is 21.1 Å². The van der Waals surface area contributed by atoms with Crippen LogP contribution in [0.2, 0.25) is 0 Å². The number of rotatable bonds is 5. The smallest absolute Gasteiger partial charge is 0.271 e. The fourth-order valence-corrected chi connectivity index (χ4v) is 3.00. The van der Waals surface area contributed by atoms with Gasteiger partial charge >= 0.3 is 0 Å². The van der Waals surface area contributed by atoms with Gasteiger partial charge in [0.2, 0.25) is 11.9 Å². The number of piperidine rings is 1. The summed E-state index contributed by atoms with van der Waals surface area (Å²) in [5.41, 5.74) is -0.0286. The van der Waals surface area contributed by atoms with E-state index in [2.05, 4.69) is 45.7 Å². The molecule has 0 unspecified atom stereocenters. The number of aromatic amines is 2. The van der Waals surface area contributed by atoms with Gasteiger partial charge in [0.1, 0.15) is 12.0 Å². The maximum absolute atomic E-state index is 14.2. The number of nitrogens with zero attached hydrogens (tertiary/aromatic N) is 5. The lowest BCUT2D eigenvalue weighted by Crippen LogP contribution is -2.43. The van der Waals surface area contributed by atoms with Gasteiger partial charge < -0.3 is 25.5 Å². The normalized spacial score (nSPS) is 16.9. The highest BCUT2D eigenvalue weighted by Gasteiger charge is 2.23. The molecular weight excluding hydrogens is 353 g/mol. The molecule has 0 bridgehead atoms. The highest BCUT2D eigenvalue weighted by molar-refractivity contribution is 5.53. The molecule has 0 spiro atoms. The predicted molar refractivity (Wildman–Crippen MR) is 97.6 cm³/mol. The molecule has 27 heavy (non-hydrogen) atoms. The van der Waals surface area contributed by atoms with Crippen LogP contribution in [-0.4, -0.2) is 49.3 Å². The van der Waals surface area contributed by atoms with Crippen molar-refractivity contribution in [1.29, 1.82) is 0 Å². The summed E-state index contributed by atoms with van der Waals surface area (Å²) in [7, 11) is 0. The van der Waals surface area contributed by atoms with Crippen LogP contribution in [0.4, 0.5) is 27.8 Å². The molecule has 4 heterocycles. The van der Waals surface area contributed by atoms with E-state index in [1.807, 2.05) is 0 Å². The molecule has 0 aromatic carbocycles. The van der Waals surface area contributed by atoms with Crippen LogP contribution in [0.1, 0.15) is 12.8 Å². The van der Waals surface area contributed by atoms with Crippen LogP contribution in [0.5, 0.6) is 0 Å². The number of hydrogen-bond acceptors (Lipinski definition) is 8. The largest absolute Gasteiger partial charge is 0.363 e. The summed E-state index contributed by atoms with van der Waals surface area (Å²) in [6, 6.07) is 3.25. The van der Waals surface area contributed by atoms with Gasteiger partial charge in [-0.1, -0.05) is 0 Å². The topological polar surface area (TPSA) is 128 Å². The first-order valence-electron chi connectivity index (χ1n) is 8.54. The third kappa shape index (κ3) is 3.86. The zero-order valence-corrected chi connectivity index (χ0v) is 14.3. The average Bonchev–Trinajstić information content (AvgIpc) is 3.21. The lowest BCUT2D eigenvalue weighted by molar-refractivity contribution is 0.517. The van der Waals surface area contributed by atoms with Crippen LogP contribution in [0.3, 0.4) is 0 Å². The predicted octanol–water partition coefficient (Wildman–Crippen LogP) is 1.25. The van der Waals surface area contributed by atoms with Crippen LogP contribution >= 0.6 is 0 Å². The molecule has 0 aliphatic carbocycles. The van der Waals surface area contributed by atoms with Crippen molar-refractivity contribution in [1.82, 2.24) is 30.1 Å². The van der Waals surface area contributed by atoms with Crippen LogP contribution in [0.25, 0.3) is 0 Å². The molecule has 0 radical (unpaired) electrons. The van der Waals surface area contributed by atoms with Crippen molar-refractivity contribution in [3.8, 4) is 0 Å². The Morgan fingerprint density at radius 3 is 3.07 bits per heavy atom. The second kappa shape index (κ2) is 7.40. The number of hydrogen-bond donors (Lipinski definition) is 4. The Morgan fingerprint density at radius 2 is 2.26 bits per heavy atom. The molecule has 0 saturated carbocycles. The molecule has 4 rings (SSSR count). The first-order chi connectivity index (χ1) is 13.2. The minimum Gasteiger partial charge on any atom is -0.363 e. The Kier molecular flexibility index (Phi) is 4.64. The molecule has 3 aromatic heterocycles. The minimum absolute atomic E-state index is 0.0128. The summed E-state index contributed by atoms with van der Waals surface area (Å²) in [6.07, 6.45) is 5.92. The van der Waals surface area contributed by atoms with E-state index in [9.17, 15) is 9.18 Å². The van der Waals surface area contributed by atoms with Gasteiger partial charge in [0, 0.05) is 25.3 Å². The number of aromatic nitrogens is 6. The van der Waals surface area contributed by atoms with E-state index in [0.29, 0.717) is 12.5 Å². The van der Waals surface area contributed by atoms with Crippen molar-refractivity contribution in [2.45, 2.75) is 18.9 Å². The van der Waals surface area contributed by atoms with E-state index in [0.717, 1.165) is 25.6 Å². The maximum Gasteiger partial charge on any atom is 0.271 e. The van der Waals surface area contributed by atoms with Crippen molar-refractivity contribution in [2.75, 3.05) is 28.6 Å². The Hall–Kier alpha value is -3.50. The molecule has 1 atom stereocenters. The Morgan fingerprint density at radius 1 is 1.33 bits per heavy atom. The van der Waals surface area contributed by atoms with Crippen molar-refractivity contribution in [2.24, 2.45) is 0 Å². The van der Waals surface area contributed by atoms with Gasteiger partial charge in [-0.05, 0) is 25.0 Å². The number of nitrogens with one attached hydrogen (secondary N) is 4. The van der Waals surface area contributed by atoms with Gasteiger partial charge in [-0.2, -0.15) is 4.98 Å². The second-order valence-electron chi connectivity index (χ2n) is 6.17. The Bertz CT molecular complexity index is 959. The van der Waals surface area contributed by atoms with Crippen LogP contribution in [0, 0.1) is 5.82 Å². The summed E-state index contributed by atoms with van der Waals surface area (Å²) in [5, 5.41) is 13.7. The molecule has 0 amide bonds. The monoisotopic (exact) mass is 371 g/mol. The Labute approximate surface area is 153 Å². The van der Waals surface area contributed by atoms with Crippen molar-refractivity contribution in [3.05, 3.63) is 47.0 Å². The minimum atomic E-state index is -0.556. The van der Waals surface area contributed by atoms with Gasteiger partial charge in [-0.25, -0.2) is 9.37 Å². The highest BCUT2D eigenvalue weighted by atomic mass is 19.1. The molecule has 3 aromatic rings. The van der Waals surface area contributed by atoms with Crippen LogP contribution in [0.15, 0.2) is 35.6 Å². The quantitative estimate of drug-likeness (QED) is 0.528. The summed E-state index contributed by atoms with van der Waals surface area (Å²) < 4.78 is 14.2. The van der Waals surface area contributed by atoms with Gasteiger partial charge in [-0.15, -0.1) is 10.2 Å².